The lowest BCUT2D eigenvalue weighted by Crippen LogP contribution is -2.01. The molecule has 0 fully saturated rings. The molecule has 1 aromatic carbocycles. The van der Waals surface area contributed by atoms with Crippen LogP contribution in [0.4, 0.5) is 4.39 Å². The fraction of sp³-hybridized carbons (Fsp3) is 0.182. The lowest BCUT2D eigenvalue weighted by Gasteiger charge is -2.01. The Balaban J connectivity index is 2.42. The van der Waals surface area contributed by atoms with E-state index in [-0.39, 0.29) is 17.3 Å². The number of hydrogen-bond donors (Lipinski definition) is 0. The molecule has 0 aliphatic rings. The van der Waals surface area contributed by atoms with Gasteiger partial charge in [0.15, 0.2) is 0 Å². The Labute approximate surface area is 101 Å². The number of hydrogen-bond acceptors (Lipinski definition) is 6. The molecule has 7 heteroatoms. The zero-order chi connectivity index (χ0) is 13.1. The summed E-state index contributed by atoms with van der Waals surface area (Å²) in [7, 11) is 2.63. The van der Waals surface area contributed by atoms with Crippen LogP contribution in [0.2, 0.25) is 0 Å². The molecule has 0 saturated carbocycles. The zero-order valence-electron chi connectivity index (χ0n) is 9.64. The van der Waals surface area contributed by atoms with Crippen LogP contribution in [0.5, 0.6) is 5.75 Å². The van der Waals surface area contributed by atoms with Crippen molar-refractivity contribution in [3.8, 4) is 17.1 Å². The normalized spacial score (nSPS) is 10.2. The maximum Gasteiger partial charge on any atom is 0.397 e. The summed E-state index contributed by atoms with van der Waals surface area (Å²) in [6.07, 6.45) is 0. The molecule has 0 N–H and O–H groups in total. The first-order chi connectivity index (χ1) is 8.65. The van der Waals surface area contributed by atoms with Gasteiger partial charge in [-0.3, -0.25) is 0 Å². The average molecular weight is 252 g/mol. The average Bonchev–Trinajstić information content (AvgIpc) is 2.88. The molecule has 18 heavy (non-hydrogen) atoms. The third-order valence-electron chi connectivity index (χ3n) is 2.20. The van der Waals surface area contributed by atoms with E-state index in [9.17, 15) is 9.18 Å². The van der Waals surface area contributed by atoms with Gasteiger partial charge in [0.1, 0.15) is 11.6 Å². The number of nitrogens with zero attached hydrogens (tertiary/aromatic N) is 2. The van der Waals surface area contributed by atoms with Gasteiger partial charge in [-0.15, -0.1) is 0 Å². The molecule has 1 heterocycles. The maximum absolute atomic E-state index is 13.6. The predicted molar refractivity (Wildman–Crippen MR) is 57.6 cm³/mol. The molecule has 2 rings (SSSR count). The third-order valence-corrected chi connectivity index (χ3v) is 2.20. The van der Waals surface area contributed by atoms with Crippen LogP contribution in [0, 0.1) is 5.82 Å². The van der Waals surface area contributed by atoms with E-state index in [0.717, 1.165) is 0 Å². The summed E-state index contributed by atoms with van der Waals surface area (Å²) >= 11 is 0. The Hall–Kier alpha value is -2.44. The van der Waals surface area contributed by atoms with E-state index in [0.29, 0.717) is 5.75 Å². The second kappa shape index (κ2) is 4.82. The first kappa shape index (κ1) is 12.0. The fourth-order valence-electron chi connectivity index (χ4n) is 1.31. The number of carbonyl (C=O) groups excluding carboxylic acids is 1. The molecule has 0 amide bonds. The van der Waals surface area contributed by atoms with Crippen LogP contribution in [0.15, 0.2) is 22.7 Å². The van der Waals surface area contributed by atoms with Crippen molar-refractivity contribution in [1.29, 1.82) is 0 Å². The highest BCUT2D eigenvalue weighted by Gasteiger charge is 2.18. The molecule has 6 nitrogen and oxygen atoms in total. The van der Waals surface area contributed by atoms with Gasteiger partial charge in [0.25, 0.3) is 0 Å². The van der Waals surface area contributed by atoms with Crippen molar-refractivity contribution in [3.05, 3.63) is 29.9 Å². The van der Waals surface area contributed by atoms with Crippen LogP contribution < -0.4 is 4.74 Å². The number of halogens is 1. The minimum absolute atomic E-state index is 0.0493. The van der Waals surface area contributed by atoms with Crippen LogP contribution in [-0.4, -0.2) is 30.3 Å². The molecular weight excluding hydrogens is 243 g/mol. The van der Waals surface area contributed by atoms with Gasteiger partial charge in [-0.25, -0.2) is 9.18 Å². The highest BCUT2D eigenvalue weighted by molar-refractivity contribution is 5.84. The summed E-state index contributed by atoms with van der Waals surface area (Å²) in [6, 6.07) is 4.07. The molecule has 0 radical (unpaired) electrons. The number of ether oxygens (including phenoxy) is 2. The van der Waals surface area contributed by atoms with Crippen molar-refractivity contribution >= 4 is 5.97 Å². The first-order valence-electron chi connectivity index (χ1n) is 4.91. The minimum Gasteiger partial charge on any atom is -0.497 e. The summed E-state index contributed by atoms with van der Waals surface area (Å²) in [6.45, 7) is 0. The number of esters is 1. The largest absolute Gasteiger partial charge is 0.497 e. The molecule has 0 unspecified atom stereocenters. The smallest absolute Gasteiger partial charge is 0.397 e. The van der Waals surface area contributed by atoms with Crippen molar-refractivity contribution in [2.75, 3.05) is 14.2 Å². The molecule has 0 spiro atoms. The number of carbonyl (C=O) groups is 1. The van der Waals surface area contributed by atoms with Gasteiger partial charge in [0.05, 0.1) is 19.8 Å². The predicted octanol–water partition coefficient (Wildman–Crippen LogP) is 1.67. The fourth-order valence-corrected chi connectivity index (χ4v) is 1.31. The minimum atomic E-state index is -0.781. The second-order valence-electron chi connectivity index (χ2n) is 3.26. The van der Waals surface area contributed by atoms with Gasteiger partial charge in [-0.05, 0) is 18.2 Å². The summed E-state index contributed by atoms with van der Waals surface area (Å²) in [5.74, 6) is -1.28. The molecule has 94 valence electrons. The van der Waals surface area contributed by atoms with Gasteiger partial charge in [0, 0.05) is 0 Å². The van der Waals surface area contributed by atoms with Gasteiger partial charge >= 0.3 is 11.9 Å². The molecule has 2 aromatic rings. The highest BCUT2D eigenvalue weighted by Crippen LogP contribution is 2.24. The molecule has 0 atom stereocenters. The Kier molecular flexibility index (Phi) is 3.22. The number of aromatic nitrogens is 2. The number of rotatable bonds is 3. The van der Waals surface area contributed by atoms with Gasteiger partial charge in [-0.1, -0.05) is 5.16 Å². The van der Waals surface area contributed by atoms with Crippen LogP contribution >= 0.6 is 0 Å². The topological polar surface area (TPSA) is 74.5 Å². The monoisotopic (exact) mass is 252 g/mol. The highest BCUT2D eigenvalue weighted by atomic mass is 19.1. The lowest BCUT2D eigenvalue weighted by molar-refractivity contribution is 0.0545. The Bertz CT molecular complexity index is 582. The molecule has 0 bridgehead atoms. The van der Waals surface area contributed by atoms with E-state index in [2.05, 4.69) is 19.4 Å². The van der Waals surface area contributed by atoms with E-state index in [1.807, 2.05) is 0 Å². The summed E-state index contributed by atoms with van der Waals surface area (Å²) in [5, 5.41) is 3.51. The maximum atomic E-state index is 13.6. The van der Waals surface area contributed by atoms with Gasteiger partial charge < -0.3 is 14.0 Å². The molecule has 0 aliphatic heterocycles. The molecular formula is C11H9FN2O4. The summed E-state index contributed by atoms with van der Waals surface area (Å²) in [5.41, 5.74) is 0.0771. The van der Waals surface area contributed by atoms with E-state index in [1.165, 1.54) is 32.4 Å². The van der Waals surface area contributed by atoms with Crippen LogP contribution in [-0.2, 0) is 4.74 Å². The Morgan fingerprint density at radius 2 is 2.17 bits per heavy atom. The van der Waals surface area contributed by atoms with E-state index in [4.69, 9.17) is 4.74 Å². The Morgan fingerprint density at radius 1 is 1.39 bits per heavy atom. The van der Waals surface area contributed by atoms with E-state index < -0.39 is 11.8 Å². The van der Waals surface area contributed by atoms with Crippen LogP contribution in [0.25, 0.3) is 11.4 Å². The zero-order valence-corrected chi connectivity index (χ0v) is 9.64. The second-order valence-corrected chi connectivity index (χ2v) is 3.26. The van der Waals surface area contributed by atoms with Crippen molar-refractivity contribution in [2.45, 2.75) is 0 Å². The van der Waals surface area contributed by atoms with Crippen LogP contribution in [0.1, 0.15) is 10.7 Å². The summed E-state index contributed by atoms with van der Waals surface area (Å²) in [4.78, 5) is 14.9. The summed E-state index contributed by atoms with van der Waals surface area (Å²) < 4.78 is 27.6. The molecule has 0 aliphatic carbocycles. The molecule has 0 saturated heterocycles. The van der Waals surface area contributed by atoms with Gasteiger partial charge in [0.2, 0.25) is 5.82 Å². The van der Waals surface area contributed by atoms with E-state index >= 15 is 0 Å². The van der Waals surface area contributed by atoms with Gasteiger partial charge in [-0.2, -0.15) is 4.98 Å². The lowest BCUT2D eigenvalue weighted by atomic mass is 10.2. The quantitative estimate of drug-likeness (QED) is 0.773. The molecule has 1 aromatic heterocycles. The SMILES string of the molecule is COC(=O)c1nc(-c2cc(OC)ccc2F)no1. The van der Waals surface area contributed by atoms with Crippen molar-refractivity contribution in [2.24, 2.45) is 0 Å². The number of methoxy groups -OCH3 is 2. The van der Waals surface area contributed by atoms with Crippen molar-refractivity contribution in [1.82, 2.24) is 10.1 Å². The van der Waals surface area contributed by atoms with Crippen LogP contribution in [0.3, 0.4) is 0 Å². The van der Waals surface area contributed by atoms with Crippen molar-refractivity contribution < 1.29 is 23.2 Å². The third kappa shape index (κ3) is 2.15. The standard InChI is InChI=1S/C11H9FN2O4/c1-16-6-3-4-8(12)7(5-6)9-13-10(18-14-9)11(15)17-2/h3-5H,1-2H3. The number of benzene rings is 1. The Morgan fingerprint density at radius 3 is 2.83 bits per heavy atom. The van der Waals surface area contributed by atoms with Crippen molar-refractivity contribution in [3.63, 3.8) is 0 Å². The first-order valence-corrected chi connectivity index (χ1v) is 4.91. The van der Waals surface area contributed by atoms with E-state index in [1.54, 1.807) is 0 Å².